The number of nitrogens with zero attached hydrogens (tertiary/aromatic N) is 1. The van der Waals surface area contributed by atoms with Gasteiger partial charge in [-0.1, -0.05) is 19.8 Å². The van der Waals surface area contributed by atoms with Crippen LogP contribution in [0.25, 0.3) is 0 Å². The van der Waals surface area contributed by atoms with Crippen LogP contribution in [0.4, 0.5) is 0 Å². The van der Waals surface area contributed by atoms with Gasteiger partial charge in [-0.25, -0.2) is 9.78 Å². The van der Waals surface area contributed by atoms with E-state index < -0.39 is 17.8 Å². The third kappa shape index (κ3) is 6.78. The summed E-state index contributed by atoms with van der Waals surface area (Å²) in [5, 5.41) is 2.38. The zero-order valence-electron chi connectivity index (χ0n) is 14.8. The number of amides is 1. The number of unbranched alkanes of at least 4 members (excludes halogenated alkanes) is 2. The van der Waals surface area contributed by atoms with E-state index >= 15 is 0 Å². The summed E-state index contributed by atoms with van der Waals surface area (Å²) in [6.07, 6.45) is 4.04. The number of carbonyl (C=O) groups excluding carboxylic acids is 3. The molecular formula is C17H24N2O6. The molecule has 0 bridgehead atoms. The lowest BCUT2D eigenvalue weighted by Gasteiger charge is -2.10. The number of rotatable bonds is 10. The zero-order valence-corrected chi connectivity index (χ0v) is 14.8. The van der Waals surface area contributed by atoms with Crippen molar-refractivity contribution in [2.75, 3.05) is 26.9 Å². The highest BCUT2D eigenvalue weighted by atomic mass is 16.5. The highest BCUT2D eigenvalue weighted by molar-refractivity contribution is 5.98. The summed E-state index contributed by atoms with van der Waals surface area (Å²) in [7, 11) is 1.36. The minimum atomic E-state index is -0.604. The van der Waals surface area contributed by atoms with Gasteiger partial charge in [0.15, 0.2) is 11.4 Å². The van der Waals surface area contributed by atoms with Crippen LogP contribution in [0.5, 0.6) is 5.75 Å². The molecule has 8 heteroatoms. The molecule has 8 nitrogen and oxygen atoms in total. The number of pyridine rings is 1. The van der Waals surface area contributed by atoms with Crippen molar-refractivity contribution in [2.45, 2.75) is 33.1 Å². The highest BCUT2D eigenvalue weighted by Crippen LogP contribution is 2.18. The normalized spacial score (nSPS) is 10.0. The number of ether oxygens (including phenoxy) is 3. The Hall–Kier alpha value is -2.64. The third-order valence-electron chi connectivity index (χ3n) is 3.20. The van der Waals surface area contributed by atoms with Gasteiger partial charge >= 0.3 is 11.9 Å². The zero-order chi connectivity index (χ0) is 18.7. The van der Waals surface area contributed by atoms with Crippen LogP contribution in [0.3, 0.4) is 0 Å². The van der Waals surface area contributed by atoms with E-state index in [0.29, 0.717) is 6.61 Å². The average Bonchev–Trinajstić information content (AvgIpc) is 2.62. The lowest BCUT2D eigenvalue weighted by Crippen LogP contribution is -2.31. The van der Waals surface area contributed by atoms with Gasteiger partial charge < -0.3 is 19.5 Å². The van der Waals surface area contributed by atoms with Gasteiger partial charge in [0.1, 0.15) is 6.54 Å². The molecule has 1 rings (SSSR count). The number of esters is 2. The predicted octanol–water partition coefficient (Wildman–Crippen LogP) is 1.73. The maximum atomic E-state index is 12.1. The van der Waals surface area contributed by atoms with Gasteiger partial charge in [-0.3, -0.25) is 9.59 Å². The second-order valence-electron chi connectivity index (χ2n) is 5.11. The molecule has 0 saturated heterocycles. The molecule has 0 atom stereocenters. The second-order valence-corrected chi connectivity index (χ2v) is 5.11. The smallest absolute Gasteiger partial charge is 0.339 e. The Morgan fingerprint density at radius 3 is 2.56 bits per heavy atom. The number of hydrogen-bond donors (Lipinski definition) is 1. The fourth-order valence-corrected chi connectivity index (χ4v) is 1.93. The van der Waals surface area contributed by atoms with Crippen LogP contribution in [0, 0.1) is 0 Å². The molecule has 0 aromatic carbocycles. The Morgan fingerprint density at radius 2 is 1.92 bits per heavy atom. The van der Waals surface area contributed by atoms with Crippen molar-refractivity contribution in [3.8, 4) is 5.75 Å². The molecule has 138 valence electrons. The van der Waals surface area contributed by atoms with E-state index in [1.165, 1.54) is 19.4 Å². The first-order chi connectivity index (χ1) is 12.0. The summed E-state index contributed by atoms with van der Waals surface area (Å²) >= 11 is 0. The SMILES string of the molecule is CCCCCOC(=O)c1cnc(C(=O)NCC(=O)OCC)c(OC)c1. The van der Waals surface area contributed by atoms with Gasteiger partial charge in [0.2, 0.25) is 0 Å². The van der Waals surface area contributed by atoms with Crippen molar-refractivity contribution < 1.29 is 28.6 Å². The molecule has 0 saturated carbocycles. The van der Waals surface area contributed by atoms with Crippen molar-refractivity contribution in [1.82, 2.24) is 10.3 Å². The standard InChI is InChI=1S/C17H24N2O6/c1-4-6-7-8-25-17(22)12-9-13(23-3)15(18-10-12)16(21)19-11-14(20)24-5-2/h9-10H,4-8,11H2,1-3H3,(H,19,21). The maximum absolute atomic E-state index is 12.1. The van der Waals surface area contributed by atoms with E-state index in [9.17, 15) is 14.4 Å². The summed E-state index contributed by atoms with van der Waals surface area (Å²) in [4.78, 5) is 39.3. The van der Waals surface area contributed by atoms with E-state index in [1.54, 1.807) is 6.92 Å². The predicted molar refractivity (Wildman–Crippen MR) is 89.6 cm³/mol. The van der Waals surface area contributed by atoms with Crippen molar-refractivity contribution in [3.63, 3.8) is 0 Å². The van der Waals surface area contributed by atoms with Gasteiger partial charge in [-0.15, -0.1) is 0 Å². The minimum absolute atomic E-state index is 0.0330. The van der Waals surface area contributed by atoms with Crippen molar-refractivity contribution >= 4 is 17.8 Å². The summed E-state index contributed by atoms with van der Waals surface area (Å²) in [6.45, 7) is 4.01. The van der Waals surface area contributed by atoms with Crippen molar-refractivity contribution in [2.24, 2.45) is 0 Å². The lowest BCUT2D eigenvalue weighted by atomic mass is 10.2. The van der Waals surface area contributed by atoms with Crippen LogP contribution in [0.2, 0.25) is 0 Å². The molecule has 1 amide bonds. The van der Waals surface area contributed by atoms with Gasteiger partial charge in [-0.2, -0.15) is 0 Å². The molecule has 0 aliphatic heterocycles. The number of carbonyl (C=O) groups is 3. The minimum Gasteiger partial charge on any atom is -0.494 e. The molecule has 0 radical (unpaired) electrons. The average molecular weight is 352 g/mol. The molecular weight excluding hydrogens is 328 g/mol. The van der Waals surface area contributed by atoms with Crippen LogP contribution >= 0.6 is 0 Å². The van der Waals surface area contributed by atoms with Crippen LogP contribution < -0.4 is 10.1 Å². The maximum Gasteiger partial charge on any atom is 0.339 e. The van der Waals surface area contributed by atoms with E-state index in [4.69, 9.17) is 14.2 Å². The van der Waals surface area contributed by atoms with Gasteiger partial charge in [0.25, 0.3) is 5.91 Å². The third-order valence-corrected chi connectivity index (χ3v) is 3.20. The lowest BCUT2D eigenvalue weighted by molar-refractivity contribution is -0.141. The Balaban J connectivity index is 2.72. The largest absolute Gasteiger partial charge is 0.494 e. The van der Waals surface area contributed by atoms with Gasteiger partial charge in [0.05, 0.1) is 25.9 Å². The van der Waals surface area contributed by atoms with Crippen LogP contribution in [0.15, 0.2) is 12.3 Å². The molecule has 1 aromatic heterocycles. The molecule has 0 aliphatic carbocycles. The summed E-state index contributed by atoms with van der Waals surface area (Å²) in [5.41, 5.74) is 0.157. The van der Waals surface area contributed by atoms with E-state index in [0.717, 1.165) is 19.3 Å². The Bertz CT molecular complexity index is 603. The van der Waals surface area contributed by atoms with E-state index in [-0.39, 0.29) is 30.2 Å². The topological polar surface area (TPSA) is 104 Å². The highest BCUT2D eigenvalue weighted by Gasteiger charge is 2.18. The first-order valence-corrected chi connectivity index (χ1v) is 8.18. The quantitative estimate of drug-likeness (QED) is 0.505. The van der Waals surface area contributed by atoms with Crippen LogP contribution in [0.1, 0.15) is 54.0 Å². The molecule has 1 N–H and O–H groups in total. The molecule has 25 heavy (non-hydrogen) atoms. The molecule has 0 spiro atoms. The van der Waals surface area contributed by atoms with Crippen molar-refractivity contribution in [3.05, 3.63) is 23.5 Å². The van der Waals surface area contributed by atoms with Gasteiger partial charge in [-0.05, 0) is 19.4 Å². The Morgan fingerprint density at radius 1 is 1.16 bits per heavy atom. The van der Waals surface area contributed by atoms with E-state index in [2.05, 4.69) is 17.2 Å². The Labute approximate surface area is 146 Å². The fourth-order valence-electron chi connectivity index (χ4n) is 1.93. The van der Waals surface area contributed by atoms with Crippen molar-refractivity contribution in [1.29, 1.82) is 0 Å². The summed E-state index contributed by atoms with van der Waals surface area (Å²) in [5.74, 6) is -1.57. The summed E-state index contributed by atoms with van der Waals surface area (Å²) < 4.78 is 15.0. The fraction of sp³-hybridized carbons (Fsp3) is 0.529. The second kappa shape index (κ2) is 11.0. The molecule has 0 aliphatic rings. The number of methoxy groups -OCH3 is 1. The number of hydrogen-bond acceptors (Lipinski definition) is 7. The molecule has 0 fully saturated rings. The molecule has 0 unspecified atom stereocenters. The van der Waals surface area contributed by atoms with E-state index in [1.807, 2.05) is 0 Å². The Kier molecular flexibility index (Phi) is 8.99. The number of aromatic nitrogens is 1. The number of nitrogens with one attached hydrogen (secondary N) is 1. The monoisotopic (exact) mass is 352 g/mol. The summed E-state index contributed by atoms with van der Waals surface area (Å²) in [6, 6.07) is 1.38. The van der Waals surface area contributed by atoms with Crippen LogP contribution in [-0.4, -0.2) is 49.7 Å². The molecule has 1 aromatic rings. The first-order valence-electron chi connectivity index (χ1n) is 8.18. The first kappa shape index (κ1) is 20.4. The van der Waals surface area contributed by atoms with Gasteiger partial charge in [0, 0.05) is 6.20 Å². The van der Waals surface area contributed by atoms with Crippen LogP contribution in [-0.2, 0) is 14.3 Å². The molecule has 1 heterocycles.